The fraction of sp³-hybridized carbons (Fsp3) is 0.357. The number of aliphatic carboxylic acids is 1. The number of terminal acetylenes is 1. The summed E-state index contributed by atoms with van der Waals surface area (Å²) in [6.45, 7) is 2.69. The fourth-order valence-corrected chi connectivity index (χ4v) is 1.88. The van der Waals surface area contributed by atoms with Gasteiger partial charge in [0.1, 0.15) is 18.8 Å². The molecule has 5 nitrogen and oxygen atoms in total. The van der Waals surface area contributed by atoms with Gasteiger partial charge < -0.3 is 14.6 Å². The molecule has 0 fully saturated rings. The Morgan fingerprint density at radius 2 is 2.16 bits per heavy atom. The molecule has 2 rings (SSSR count). The molecule has 1 aliphatic rings. The first kappa shape index (κ1) is 13.2. The molecule has 0 radical (unpaired) electrons. The van der Waals surface area contributed by atoms with Crippen LogP contribution in [0.15, 0.2) is 18.2 Å². The average Bonchev–Trinajstić information content (AvgIpc) is 2.44. The van der Waals surface area contributed by atoms with E-state index in [1.165, 1.54) is 0 Å². The lowest BCUT2D eigenvalue weighted by Gasteiger charge is -2.27. The Hall–Kier alpha value is -2.19. The lowest BCUT2D eigenvalue weighted by molar-refractivity contribution is -0.144. The summed E-state index contributed by atoms with van der Waals surface area (Å²) in [6.07, 6.45) is 5.17. The Labute approximate surface area is 111 Å². The molecule has 1 unspecified atom stereocenters. The molecule has 2 N–H and O–H groups in total. The Morgan fingerprint density at radius 1 is 1.47 bits per heavy atom. The number of benzene rings is 1. The van der Waals surface area contributed by atoms with E-state index in [1.54, 1.807) is 25.1 Å². The number of carboxylic acids is 1. The van der Waals surface area contributed by atoms with Gasteiger partial charge in [0, 0.05) is 0 Å². The Balaban J connectivity index is 2.37. The maximum atomic E-state index is 11.5. The second-order valence-corrected chi connectivity index (χ2v) is 4.35. The first-order valence-corrected chi connectivity index (χ1v) is 5.90. The van der Waals surface area contributed by atoms with Crippen molar-refractivity contribution in [2.45, 2.75) is 12.5 Å². The number of fused-ring (bicyclic) bond motifs is 1. The quantitative estimate of drug-likeness (QED) is 0.791. The number of carbonyl (C=O) groups is 1. The molecule has 0 bridgehead atoms. The van der Waals surface area contributed by atoms with E-state index in [9.17, 15) is 9.90 Å². The van der Waals surface area contributed by atoms with Crippen molar-refractivity contribution in [3.63, 3.8) is 0 Å². The maximum absolute atomic E-state index is 11.5. The van der Waals surface area contributed by atoms with Crippen molar-refractivity contribution in [3.05, 3.63) is 23.8 Å². The second-order valence-electron chi connectivity index (χ2n) is 4.35. The zero-order valence-electron chi connectivity index (χ0n) is 10.6. The lowest BCUT2D eigenvalue weighted by Crippen LogP contribution is -2.46. The molecule has 0 amide bonds. The van der Waals surface area contributed by atoms with Gasteiger partial charge in [-0.15, -0.1) is 6.42 Å². The number of rotatable bonds is 4. The van der Waals surface area contributed by atoms with E-state index >= 15 is 0 Å². The SMILES string of the molecule is C#CCNC(C)(C(=O)O)c1ccc2c(c1)OCCO2. The highest BCUT2D eigenvalue weighted by molar-refractivity contribution is 5.80. The highest BCUT2D eigenvalue weighted by atomic mass is 16.6. The fourth-order valence-electron chi connectivity index (χ4n) is 1.88. The molecule has 1 aliphatic heterocycles. The smallest absolute Gasteiger partial charge is 0.328 e. The number of hydrogen-bond donors (Lipinski definition) is 2. The summed E-state index contributed by atoms with van der Waals surface area (Å²) in [6, 6.07) is 5.08. The summed E-state index contributed by atoms with van der Waals surface area (Å²) < 4.78 is 10.9. The standard InChI is InChI=1S/C14H15NO4/c1-3-6-15-14(2,13(16)17)10-4-5-11-12(9-10)19-8-7-18-11/h1,4-5,9,15H,6-8H2,2H3,(H,16,17). The van der Waals surface area contributed by atoms with Crippen LogP contribution >= 0.6 is 0 Å². The minimum atomic E-state index is -1.26. The molecule has 0 aliphatic carbocycles. The molecule has 100 valence electrons. The normalized spacial score (nSPS) is 16.2. The molecule has 1 aromatic rings. The summed E-state index contributed by atoms with van der Waals surface area (Å²) in [5, 5.41) is 12.2. The summed E-state index contributed by atoms with van der Waals surface area (Å²) in [4.78, 5) is 11.5. The lowest BCUT2D eigenvalue weighted by atomic mass is 9.91. The molecule has 1 atom stereocenters. The predicted molar refractivity (Wildman–Crippen MR) is 69.3 cm³/mol. The second kappa shape index (κ2) is 5.21. The van der Waals surface area contributed by atoms with Crippen LogP contribution in [-0.4, -0.2) is 30.8 Å². The molecule has 0 aromatic heterocycles. The third-order valence-corrected chi connectivity index (χ3v) is 3.09. The Bertz CT molecular complexity index is 535. The molecular formula is C14H15NO4. The highest BCUT2D eigenvalue weighted by Crippen LogP contribution is 2.34. The number of ether oxygens (including phenoxy) is 2. The zero-order valence-corrected chi connectivity index (χ0v) is 10.6. The highest BCUT2D eigenvalue weighted by Gasteiger charge is 2.35. The molecule has 19 heavy (non-hydrogen) atoms. The Morgan fingerprint density at radius 3 is 2.79 bits per heavy atom. The minimum absolute atomic E-state index is 0.164. The first-order chi connectivity index (χ1) is 9.08. The van der Waals surface area contributed by atoms with Crippen molar-refractivity contribution in [1.82, 2.24) is 5.32 Å². The van der Waals surface area contributed by atoms with Crippen LogP contribution in [0.1, 0.15) is 12.5 Å². The van der Waals surface area contributed by atoms with Crippen LogP contribution < -0.4 is 14.8 Å². The van der Waals surface area contributed by atoms with Gasteiger partial charge in [0.15, 0.2) is 11.5 Å². The van der Waals surface area contributed by atoms with Crippen molar-refractivity contribution in [1.29, 1.82) is 0 Å². The number of carboxylic acid groups (broad SMARTS) is 1. The number of nitrogens with one attached hydrogen (secondary N) is 1. The monoisotopic (exact) mass is 261 g/mol. The minimum Gasteiger partial charge on any atom is -0.486 e. The molecule has 1 heterocycles. The summed E-state index contributed by atoms with van der Waals surface area (Å²) >= 11 is 0. The van der Waals surface area contributed by atoms with E-state index in [1.807, 2.05) is 0 Å². The van der Waals surface area contributed by atoms with Crippen molar-refractivity contribution in [3.8, 4) is 23.8 Å². The topological polar surface area (TPSA) is 67.8 Å². The first-order valence-electron chi connectivity index (χ1n) is 5.90. The van der Waals surface area contributed by atoms with Gasteiger partial charge in [-0.05, 0) is 24.6 Å². The van der Waals surface area contributed by atoms with Crippen molar-refractivity contribution < 1.29 is 19.4 Å². The van der Waals surface area contributed by atoms with Crippen LogP contribution in [0.5, 0.6) is 11.5 Å². The molecule has 0 saturated carbocycles. The van der Waals surface area contributed by atoms with Gasteiger partial charge in [-0.2, -0.15) is 0 Å². The molecule has 0 spiro atoms. The largest absolute Gasteiger partial charge is 0.486 e. The van der Waals surface area contributed by atoms with E-state index in [4.69, 9.17) is 15.9 Å². The van der Waals surface area contributed by atoms with E-state index in [-0.39, 0.29) is 6.54 Å². The summed E-state index contributed by atoms with van der Waals surface area (Å²) in [7, 11) is 0. The van der Waals surface area contributed by atoms with Crippen molar-refractivity contribution in [2.75, 3.05) is 19.8 Å². The van der Waals surface area contributed by atoms with Crippen LogP contribution in [0.3, 0.4) is 0 Å². The molecule has 0 saturated heterocycles. The average molecular weight is 261 g/mol. The third kappa shape index (κ3) is 2.49. The van der Waals surface area contributed by atoms with E-state index in [0.29, 0.717) is 30.3 Å². The van der Waals surface area contributed by atoms with Gasteiger partial charge >= 0.3 is 5.97 Å². The predicted octanol–water partition coefficient (Wildman–Crippen LogP) is 0.980. The van der Waals surface area contributed by atoms with E-state index < -0.39 is 11.5 Å². The molecular weight excluding hydrogens is 246 g/mol. The zero-order chi connectivity index (χ0) is 13.9. The van der Waals surface area contributed by atoms with Crippen LogP contribution in [0, 0.1) is 12.3 Å². The maximum Gasteiger partial charge on any atom is 0.328 e. The van der Waals surface area contributed by atoms with Crippen LogP contribution in [0.4, 0.5) is 0 Å². The van der Waals surface area contributed by atoms with Crippen LogP contribution in [0.2, 0.25) is 0 Å². The van der Waals surface area contributed by atoms with Gasteiger partial charge in [0.05, 0.1) is 6.54 Å². The van der Waals surface area contributed by atoms with Crippen LogP contribution in [0.25, 0.3) is 0 Å². The molecule has 1 aromatic carbocycles. The van der Waals surface area contributed by atoms with E-state index in [0.717, 1.165) is 0 Å². The summed E-state index contributed by atoms with van der Waals surface area (Å²) in [5.74, 6) is 2.56. The molecule has 5 heteroatoms. The van der Waals surface area contributed by atoms with Gasteiger partial charge in [0.25, 0.3) is 0 Å². The van der Waals surface area contributed by atoms with Crippen molar-refractivity contribution in [2.24, 2.45) is 0 Å². The number of hydrogen-bond acceptors (Lipinski definition) is 4. The third-order valence-electron chi connectivity index (χ3n) is 3.09. The van der Waals surface area contributed by atoms with Gasteiger partial charge in [-0.3, -0.25) is 5.32 Å². The summed E-state index contributed by atoms with van der Waals surface area (Å²) in [5.41, 5.74) is -0.693. The Kier molecular flexibility index (Phi) is 3.63. The van der Waals surface area contributed by atoms with Crippen molar-refractivity contribution >= 4 is 5.97 Å². The van der Waals surface area contributed by atoms with Gasteiger partial charge in [-0.1, -0.05) is 12.0 Å². The van der Waals surface area contributed by atoms with E-state index in [2.05, 4.69) is 11.2 Å². The van der Waals surface area contributed by atoms with Gasteiger partial charge in [-0.25, -0.2) is 4.79 Å². The van der Waals surface area contributed by atoms with Gasteiger partial charge in [0.2, 0.25) is 0 Å². The van der Waals surface area contributed by atoms with Crippen LogP contribution in [-0.2, 0) is 10.3 Å².